The maximum absolute atomic E-state index is 13.2. The van der Waals surface area contributed by atoms with Gasteiger partial charge >= 0.3 is 0 Å². The first-order valence-electron chi connectivity index (χ1n) is 5.64. The van der Waals surface area contributed by atoms with Gasteiger partial charge in [0.2, 0.25) is 0 Å². The van der Waals surface area contributed by atoms with E-state index in [1.165, 1.54) is 10.9 Å². The average Bonchev–Trinajstić information content (AvgIpc) is 2.84. The third kappa shape index (κ3) is 2.99. The number of carbonyl (C=O) groups excluding carboxylic acids is 1. The average molecular weight is 297 g/mol. The quantitative estimate of drug-likeness (QED) is 0.668. The Bertz CT molecular complexity index is 716. The molecule has 1 N–H and O–H groups in total. The Balaban J connectivity index is 2.24. The van der Waals surface area contributed by atoms with Crippen LogP contribution < -0.4 is 5.32 Å². The molecule has 0 radical (unpaired) electrons. The van der Waals surface area contributed by atoms with E-state index in [0.717, 1.165) is 0 Å². The van der Waals surface area contributed by atoms with Crippen molar-refractivity contribution in [2.24, 2.45) is 7.05 Å². The third-order valence-corrected chi connectivity index (χ3v) is 2.69. The molecular formula is C11H9F2N5O3. The topological polar surface area (TPSA) is 103 Å². The van der Waals surface area contributed by atoms with Gasteiger partial charge in [-0.3, -0.25) is 14.9 Å². The van der Waals surface area contributed by atoms with Crippen molar-refractivity contribution < 1.29 is 18.5 Å². The first-order valence-corrected chi connectivity index (χ1v) is 5.64. The minimum atomic E-state index is -1.40. The van der Waals surface area contributed by atoms with Crippen LogP contribution in [0.25, 0.3) is 0 Å². The number of amides is 1. The summed E-state index contributed by atoms with van der Waals surface area (Å²) in [7, 11) is 1.64. The van der Waals surface area contributed by atoms with Gasteiger partial charge in [-0.25, -0.2) is 8.78 Å². The molecule has 0 fully saturated rings. The van der Waals surface area contributed by atoms with Crippen LogP contribution in [0.1, 0.15) is 16.2 Å². The Morgan fingerprint density at radius 2 is 2.10 bits per heavy atom. The Labute approximate surface area is 116 Å². The standard InChI is InChI=1S/C11H9F2N5O3/c1-17-5-15-16-10(17)4-14-11(19)6-2-7(12)8(13)3-9(6)18(20)21/h2-3,5H,4H2,1H3,(H,14,19). The molecule has 21 heavy (non-hydrogen) atoms. The molecule has 1 aromatic carbocycles. The predicted molar refractivity (Wildman–Crippen MR) is 65.2 cm³/mol. The Morgan fingerprint density at radius 3 is 2.67 bits per heavy atom. The Hall–Kier alpha value is -2.91. The molecule has 10 heteroatoms. The van der Waals surface area contributed by atoms with Crippen molar-refractivity contribution in [2.75, 3.05) is 0 Å². The molecule has 0 atom stereocenters. The lowest BCUT2D eigenvalue weighted by atomic mass is 10.1. The van der Waals surface area contributed by atoms with Crippen molar-refractivity contribution in [2.45, 2.75) is 6.54 Å². The van der Waals surface area contributed by atoms with E-state index in [9.17, 15) is 23.7 Å². The van der Waals surface area contributed by atoms with Gasteiger partial charge in [-0.05, 0) is 6.07 Å². The fourth-order valence-electron chi connectivity index (χ4n) is 1.59. The van der Waals surface area contributed by atoms with Crippen LogP contribution >= 0.6 is 0 Å². The fraction of sp³-hybridized carbons (Fsp3) is 0.182. The van der Waals surface area contributed by atoms with Gasteiger partial charge in [-0.2, -0.15) is 0 Å². The minimum Gasteiger partial charge on any atom is -0.345 e. The van der Waals surface area contributed by atoms with Gasteiger partial charge < -0.3 is 9.88 Å². The monoisotopic (exact) mass is 297 g/mol. The number of carbonyl (C=O) groups is 1. The molecule has 0 spiro atoms. The number of nitrogens with one attached hydrogen (secondary N) is 1. The van der Waals surface area contributed by atoms with E-state index in [4.69, 9.17) is 0 Å². The number of hydrogen-bond acceptors (Lipinski definition) is 5. The summed E-state index contributed by atoms with van der Waals surface area (Å²) in [6, 6.07) is 0.853. The molecule has 0 bridgehead atoms. The summed E-state index contributed by atoms with van der Waals surface area (Å²) in [5.41, 5.74) is -1.38. The first-order chi connectivity index (χ1) is 9.90. The Kier molecular flexibility index (Phi) is 3.87. The number of nitro groups is 1. The maximum atomic E-state index is 13.2. The molecule has 0 aliphatic heterocycles. The maximum Gasteiger partial charge on any atom is 0.285 e. The van der Waals surface area contributed by atoms with Crippen molar-refractivity contribution in [3.05, 3.63) is 51.6 Å². The van der Waals surface area contributed by atoms with Crippen molar-refractivity contribution in [1.82, 2.24) is 20.1 Å². The molecule has 0 aliphatic carbocycles. The molecular weight excluding hydrogens is 288 g/mol. The second-order valence-electron chi connectivity index (χ2n) is 4.08. The number of aryl methyl sites for hydroxylation is 1. The van der Waals surface area contributed by atoms with Crippen LogP contribution in [0, 0.1) is 21.7 Å². The van der Waals surface area contributed by atoms with Crippen LogP contribution in [-0.2, 0) is 13.6 Å². The molecule has 2 rings (SSSR count). The number of halogens is 2. The predicted octanol–water partition coefficient (Wildman–Crippen LogP) is 0.931. The van der Waals surface area contributed by atoms with E-state index in [1.807, 2.05) is 0 Å². The third-order valence-electron chi connectivity index (χ3n) is 2.69. The number of nitrogens with zero attached hydrogens (tertiary/aromatic N) is 4. The zero-order valence-electron chi connectivity index (χ0n) is 10.7. The van der Waals surface area contributed by atoms with E-state index in [1.54, 1.807) is 7.05 Å². The van der Waals surface area contributed by atoms with Gasteiger partial charge in [0.25, 0.3) is 11.6 Å². The lowest BCUT2D eigenvalue weighted by Crippen LogP contribution is -2.25. The summed E-state index contributed by atoms with van der Waals surface area (Å²) in [5.74, 6) is -3.26. The van der Waals surface area contributed by atoms with Gasteiger partial charge in [-0.1, -0.05) is 0 Å². The normalized spacial score (nSPS) is 10.4. The van der Waals surface area contributed by atoms with Gasteiger partial charge in [0.05, 0.1) is 17.5 Å². The van der Waals surface area contributed by atoms with Gasteiger partial charge in [0.1, 0.15) is 11.9 Å². The summed E-state index contributed by atoms with van der Waals surface area (Å²) < 4.78 is 27.7. The van der Waals surface area contributed by atoms with Crippen molar-refractivity contribution in [3.8, 4) is 0 Å². The van der Waals surface area contributed by atoms with E-state index in [0.29, 0.717) is 18.0 Å². The van der Waals surface area contributed by atoms with E-state index >= 15 is 0 Å². The summed E-state index contributed by atoms with van der Waals surface area (Å²) in [6.45, 7) is -0.0640. The molecule has 0 saturated heterocycles. The van der Waals surface area contributed by atoms with E-state index < -0.39 is 33.7 Å². The van der Waals surface area contributed by atoms with Crippen LogP contribution in [0.2, 0.25) is 0 Å². The number of rotatable bonds is 4. The molecule has 1 heterocycles. The molecule has 1 aromatic heterocycles. The summed E-state index contributed by atoms with van der Waals surface area (Å²) in [5, 5.41) is 20.4. The SMILES string of the molecule is Cn1cnnc1CNC(=O)c1cc(F)c(F)cc1[N+](=O)[O-]. The van der Waals surface area contributed by atoms with Gasteiger partial charge in [0.15, 0.2) is 17.5 Å². The zero-order valence-corrected chi connectivity index (χ0v) is 10.7. The molecule has 0 saturated carbocycles. The van der Waals surface area contributed by atoms with E-state index in [-0.39, 0.29) is 6.54 Å². The lowest BCUT2D eigenvalue weighted by Gasteiger charge is -2.06. The lowest BCUT2D eigenvalue weighted by molar-refractivity contribution is -0.385. The van der Waals surface area contributed by atoms with Crippen LogP contribution in [0.5, 0.6) is 0 Å². The summed E-state index contributed by atoms with van der Waals surface area (Å²) >= 11 is 0. The molecule has 8 nitrogen and oxygen atoms in total. The smallest absolute Gasteiger partial charge is 0.285 e. The van der Waals surface area contributed by atoms with Crippen LogP contribution in [0.3, 0.4) is 0 Å². The van der Waals surface area contributed by atoms with Crippen molar-refractivity contribution >= 4 is 11.6 Å². The minimum absolute atomic E-state index is 0.0640. The van der Waals surface area contributed by atoms with Crippen molar-refractivity contribution in [1.29, 1.82) is 0 Å². The highest BCUT2D eigenvalue weighted by Crippen LogP contribution is 2.22. The highest BCUT2D eigenvalue weighted by atomic mass is 19.2. The van der Waals surface area contributed by atoms with Crippen molar-refractivity contribution in [3.63, 3.8) is 0 Å². The number of nitro benzene ring substituents is 1. The number of benzene rings is 1. The highest BCUT2D eigenvalue weighted by Gasteiger charge is 2.24. The molecule has 110 valence electrons. The van der Waals surface area contributed by atoms with E-state index in [2.05, 4.69) is 15.5 Å². The summed E-state index contributed by atoms with van der Waals surface area (Å²) in [4.78, 5) is 21.7. The summed E-state index contributed by atoms with van der Waals surface area (Å²) in [6.07, 6.45) is 1.40. The second kappa shape index (κ2) is 5.61. The Morgan fingerprint density at radius 1 is 1.43 bits per heavy atom. The highest BCUT2D eigenvalue weighted by molar-refractivity contribution is 5.98. The van der Waals surface area contributed by atoms with Crippen LogP contribution in [0.4, 0.5) is 14.5 Å². The molecule has 1 amide bonds. The largest absolute Gasteiger partial charge is 0.345 e. The molecule has 0 aliphatic rings. The second-order valence-corrected chi connectivity index (χ2v) is 4.08. The fourth-order valence-corrected chi connectivity index (χ4v) is 1.59. The number of aromatic nitrogens is 3. The van der Waals surface area contributed by atoms with Gasteiger partial charge in [-0.15, -0.1) is 10.2 Å². The van der Waals surface area contributed by atoms with Gasteiger partial charge in [0, 0.05) is 7.05 Å². The first kappa shape index (κ1) is 14.5. The molecule has 2 aromatic rings. The molecule has 0 unspecified atom stereocenters. The van der Waals surface area contributed by atoms with Crippen LogP contribution in [-0.4, -0.2) is 25.6 Å². The number of hydrogen-bond donors (Lipinski definition) is 1. The van der Waals surface area contributed by atoms with Crippen LogP contribution in [0.15, 0.2) is 18.5 Å². The zero-order chi connectivity index (χ0) is 15.6.